The molecule has 2 aromatic rings. The lowest BCUT2D eigenvalue weighted by Gasteiger charge is -2.36. The molecule has 1 fully saturated rings. The van der Waals surface area contributed by atoms with Gasteiger partial charge in [-0.15, -0.1) is 0 Å². The van der Waals surface area contributed by atoms with Crippen LogP contribution in [0.4, 0.5) is 4.39 Å². The van der Waals surface area contributed by atoms with E-state index in [1.165, 1.54) is 25.1 Å². The Labute approximate surface area is 167 Å². The molecule has 3 heterocycles. The molecule has 4 rings (SSSR count). The molecule has 0 radical (unpaired) electrons. The Morgan fingerprint density at radius 2 is 2.07 bits per heavy atom. The monoisotopic (exact) mass is 398 g/mol. The Balaban J connectivity index is 1.68. The lowest BCUT2D eigenvalue weighted by atomic mass is 9.99. The van der Waals surface area contributed by atoms with E-state index in [0.29, 0.717) is 49.6 Å². The van der Waals surface area contributed by atoms with Crippen molar-refractivity contribution in [1.29, 1.82) is 0 Å². The van der Waals surface area contributed by atoms with Crippen LogP contribution in [-0.2, 0) is 17.8 Å². The zero-order chi connectivity index (χ0) is 20.5. The first kappa shape index (κ1) is 19.3. The number of rotatable bonds is 2. The van der Waals surface area contributed by atoms with Crippen LogP contribution in [0.1, 0.15) is 59.7 Å². The molecule has 2 aliphatic heterocycles. The first-order chi connectivity index (χ1) is 13.9. The van der Waals surface area contributed by atoms with Gasteiger partial charge in [0.25, 0.3) is 11.5 Å². The van der Waals surface area contributed by atoms with Gasteiger partial charge in [-0.3, -0.25) is 14.4 Å². The van der Waals surface area contributed by atoms with Crippen LogP contribution >= 0.6 is 0 Å². The van der Waals surface area contributed by atoms with Crippen LogP contribution in [-0.4, -0.2) is 44.7 Å². The lowest BCUT2D eigenvalue weighted by Crippen LogP contribution is -2.42. The number of piperidine rings is 1. The Morgan fingerprint density at radius 1 is 1.24 bits per heavy atom. The van der Waals surface area contributed by atoms with E-state index in [1.54, 1.807) is 15.9 Å². The van der Waals surface area contributed by atoms with Crippen molar-refractivity contribution in [2.24, 2.45) is 0 Å². The second kappa shape index (κ2) is 7.77. The van der Waals surface area contributed by atoms with E-state index in [1.807, 2.05) is 0 Å². The molecule has 7 nitrogen and oxygen atoms in total. The number of nitrogens with one attached hydrogen (secondary N) is 1. The van der Waals surface area contributed by atoms with E-state index in [9.17, 15) is 18.8 Å². The second-order valence-corrected chi connectivity index (χ2v) is 7.59. The summed E-state index contributed by atoms with van der Waals surface area (Å²) in [4.78, 5) is 48.3. The minimum Gasteiger partial charge on any atom is -0.337 e. The fourth-order valence-electron chi connectivity index (χ4n) is 4.13. The molecule has 2 aliphatic rings. The van der Waals surface area contributed by atoms with Gasteiger partial charge >= 0.3 is 0 Å². The summed E-state index contributed by atoms with van der Waals surface area (Å²) in [6, 6.07) is 5.24. The summed E-state index contributed by atoms with van der Waals surface area (Å²) < 4.78 is 13.6. The third-order valence-electron chi connectivity index (χ3n) is 5.69. The van der Waals surface area contributed by atoms with Crippen LogP contribution in [0.25, 0.3) is 0 Å². The van der Waals surface area contributed by atoms with Gasteiger partial charge in [0.2, 0.25) is 5.91 Å². The summed E-state index contributed by atoms with van der Waals surface area (Å²) >= 11 is 0. The SMILES string of the molecule is CC(=O)N1CCc2c(nc([C@H]3CCCCN3C(=O)c3cccc(F)c3)[nH]c2=O)C1. The smallest absolute Gasteiger partial charge is 0.254 e. The van der Waals surface area contributed by atoms with Gasteiger partial charge in [-0.05, 0) is 43.9 Å². The molecule has 1 aromatic carbocycles. The van der Waals surface area contributed by atoms with Crippen LogP contribution in [0.15, 0.2) is 29.1 Å². The van der Waals surface area contributed by atoms with Crippen molar-refractivity contribution in [3.05, 3.63) is 63.1 Å². The van der Waals surface area contributed by atoms with Crippen molar-refractivity contribution in [3.8, 4) is 0 Å². The van der Waals surface area contributed by atoms with Crippen LogP contribution in [0, 0.1) is 5.82 Å². The van der Waals surface area contributed by atoms with Crippen molar-refractivity contribution >= 4 is 11.8 Å². The van der Waals surface area contributed by atoms with Gasteiger partial charge < -0.3 is 14.8 Å². The maximum atomic E-state index is 13.6. The van der Waals surface area contributed by atoms with E-state index in [0.717, 1.165) is 12.8 Å². The van der Waals surface area contributed by atoms with Gasteiger partial charge in [-0.2, -0.15) is 0 Å². The number of aromatic nitrogens is 2. The van der Waals surface area contributed by atoms with Crippen molar-refractivity contribution in [3.63, 3.8) is 0 Å². The third-order valence-corrected chi connectivity index (χ3v) is 5.69. The highest BCUT2D eigenvalue weighted by Gasteiger charge is 2.32. The molecule has 8 heteroatoms. The van der Waals surface area contributed by atoms with Gasteiger partial charge in [-0.25, -0.2) is 9.37 Å². The Hall–Kier alpha value is -3.03. The summed E-state index contributed by atoms with van der Waals surface area (Å²) in [6.45, 7) is 2.81. The van der Waals surface area contributed by atoms with Gasteiger partial charge in [0, 0.05) is 31.1 Å². The van der Waals surface area contributed by atoms with Crippen LogP contribution < -0.4 is 5.56 Å². The number of carbonyl (C=O) groups is 2. The van der Waals surface area contributed by atoms with Gasteiger partial charge in [0.15, 0.2) is 0 Å². The van der Waals surface area contributed by atoms with Crippen molar-refractivity contribution in [2.75, 3.05) is 13.1 Å². The van der Waals surface area contributed by atoms with Crippen LogP contribution in [0.3, 0.4) is 0 Å². The van der Waals surface area contributed by atoms with Crippen molar-refractivity contribution in [1.82, 2.24) is 19.8 Å². The predicted molar refractivity (Wildman–Crippen MR) is 104 cm³/mol. The number of benzene rings is 1. The highest BCUT2D eigenvalue weighted by molar-refractivity contribution is 5.94. The largest absolute Gasteiger partial charge is 0.337 e. The standard InChI is InChI=1S/C21H23FN4O3/c1-13(27)25-10-8-16-17(12-25)23-19(24-20(16)28)18-7-2-3-9-26(18)21(29)14-5-4-6-15(22)11-14/h4-6,11,18H,2-3,7-10,12H2,1H3,(H,23,24,28)/t18-/m1/s1. The van der Waals surface area contributed by atoms with Crippen LogP contribution in [0.2, 0.25) is 0 Å². The zero-order valence-corrected chi connectivity index (χ0v) is 16.3. The van der Waals surface area contributed by atoms with Crippen molar-refractivity contribution in [2.45, 2.75) is 45.2 Å². The number of hydrogen-bond acceptors (Lipinski definition) is 4. The molecule has 2 amide bonds. The second-order valence-electron chi connectivity index (χ2n) is 7.59. The number of H-pyrrole nitrogens is 1. The number of amides is 2. The van der Waals surface area contributed by atoms with E-state index < -0.39 is 5.82 Å². The van der Waals surface area contributed by atoms with E-state index in [4.69, 9.17) is 0 Å². The number of carbonyl (C=O) groups excluding carboxylic acids is 2. The normalized spacial score (nSPS) is 19.0. The molecular weight excluding hydrogens is 375 g/mol. The molecule has 0 spiro atoms. The predicted octanol–water partition coefficient (Wildman–Crippen LogP) is 2.18. The first-order valence-corrected chi connectivity index (χ1v) is 9.88. The molecule has 0 bridgehead atoms. The van der Waals surface area contributed by atoms with E-state index in [-0.39, 0.29) is 29.0 Å². The quantitative estimate of drug-likeness (QED) is 0.840. The summed E-state index contributed by atoms with van der Waals surface area (Å²) in [7, 11) is 0. The zero-order valence-electron chi connectivity index (χ0n) is 16.3. The number of halogens is 1. The average Bonchev–Trinajstić information content (AvgIpc) is 2.72. The van der Waals surface area contributed by atoms with Gasteiger partial charge in [-0.1, -0.05) is 6.07 Å². The minimum atomic E-state index is -0.464. The van der Waals surface area contributed by atoms with Gasteiger partial charge in [0.1, 0.15) is 11.6 Å². The van der Waals surface area contributed by atoms with Crippen LogP contribution in [0.5, 0.6) is 0 Å². The summed E-state index contributed by atoms with van der Waals surface area (Å²) in [6.07, 6.45) is 2.87. The summed E-state index contributed by atoms with van der Waals surface area (Å²) in [5.41, 5.74) is 1.26. The molecule has 1 atom stereocenters. The minimum absolute atomic E-state index is 0.0557. The molecule has 0 saturated carbocycles. The molecule has 152 valence electrons. The number of fused-ring (bicyclic) bond motifs is 1. The fourth-order valence-corrected chi connectivity index (χ4v) is 4.13. The summed E-state index contributed by atoms with van der Waals surface area (Å²) in [5, 5.41) is 0. The number of likely N-dealkylation sites (tertiary alicyclic amines) is 1. The molecule has 1 saturated heterocycles. The Kier molecular flexibility index (Phi) is 5.17. The van der Waals surface area contributed by atoms with E-state index >= 15 is 0 Å². The Morgan fingerprint density at radius 3 is 2.83 bits per heavy atom. The number of nitrogens with zero attached hydrogens (tertiary/aromatic N) is 3. The highest BCUT2D eigenvalue weighted by Crippen LogP contribution is 2.30. The fraction of sp³-hybridized carbons (Fsp3) is 0.429. The molecule has 29 heavy (non-hydrogen) atoms. The summed E-state index contributed by atoms with van der Waals surface area (Å²) in [5.74, 6) is -0.363. The third kappa shape index (κ3) is 3.79. The maximum absolute atomic E-state index is 13.6. The molecule has 0 aliphatic carbocycles. The number of aromatic amines is 1. The molecule has 0 unspecified atom stereocenters. The lowest BCUT2D eigenvalue weighted by molar-refractivity contribution is -0.129. The van der Waals surface area contributed by atoms with Crippen molar-refractivity contribution < 1.29 is 14.0 Å². The van der Waals surface area contributed by atoms with E-state index in [2.05, 4.69) is 9.97 Å². The molecular formula is C21H23FN4O3. The maximum Gasteiger partial charge on any atom is 0.254 e. The Bertz CT molecular complexity index is 1020. The molecule has 1 aromatic heterocycles. The molecule has 1 N–H and O–H groups in total. The topological polar surface area (TPSA) is 86.4 Å². The first-order valence-electron chi connectivity index (χ1n) is 9.88. The average molecular weight is 398 g/mol. The van der Waals surface area contributed by atoms with Gasteiger partial charge in [0.05, 0.1) is 18.3 Å². The highest BCUT2D eigenvalue weighted by atomic mass is 19.1. The number of hydrogen-bond donors (Lipinski definition) is 1.